The lowest BCUT2D eigenvalue weighted by Gasteiger charge is -2.20. The molecule has 9 nitrogen and oxygen atoms in total. The first-order chi connectivity index (χ1) is 17.4. The van der Waals surface area contributed by atoms with Crippen LogP contribution < -0.4 is 21.3 Å². The number of hydrogen-bond donors (Lipinski definition) is 2. The van der Waals surface area contributed by atoms with Gasteiger partial charge in [0.05, 0.1) is 12.1 Å². The number of alkyl halides is 3. The van der Waals surface area contributed by atoms with Crippen molar-refractivity contribution in [3.63, 3.8) is 0 Å². The van der Waals surface area contributed by atoms with Gasteiger partial charge in [-0.3, -0.25) is 13.9 Å². The second kappa shape index (κ2) is 10.3. The van der Waals surface area contributed by atoms with Gasteiger partial charge in [-0.15, -0.1) is 13.2 Å². The van der Waals surface area contributed by atoms with Gasteiger partial charge in [0.1, 0.15) is 11.6 Å². The number of aromatic nitrogens is 4. The molecule has 0 aliphatic carbocycles. The van der Waals surface area contributed by atoms with Crippen LogP contribution in [0.5, 0.6) is 5.75 Å². The predicted molar refractivity (Wildman–Crippen MR) is 131 cm³/mol. The van der Waals surface area contributed by atoms with Crippen LogP contribution in [0.2, 0.25) is 0 Å². The summed E-state index contributed by atoms with van der Waals surface area (Å²) in [7, 11) is 1.51. The molecule has 37 heavy (non-hydrogen) atoms. The van der Waals surface area contributed by atoms with Crippen LogP contribution in [0.1, 0.15) is 31.7 Å². The number of dihydropyridines is 1. The minimum atomic E-state index is -4.83. The third kappa shape index (κ3) is 5.96. The molecule has 4 rings (SSSR count). The summed E-state index contributed by atoms with van der Waals surface area (Å²) in [5.74, 6) is 0.0408. The summed E-state index contributed by atoms with van der Waals surface area (Å²) in [4.78, 5) is 31.0. The molecule has 1 aliphatic heterocycles. The molecule has 2 atom stereocenters. The average molecular weight is 520 g/mol. The number of ether oxygens (including phenoxy) is 1. The number of hydrogen-bond acceptors (Lipinski definition) is 6. The van der Waals surface area contributed by atoms with Crippen molar-refractivity contribution >= 4 is 11.2 Å². The smallest absolute Gasteiger partial charge is 0.406 e. The van der Waals surface area contributed by atoms with E-state index in [1.165, 1.54) is 29.8 Å². The van der Waals surface area contributed by atoms with Crippen LogP contribution in [-0.2, 0) is 26.6 Å². The van der Waals surface area contributed by atoms with Crippen LogP contribution in [0.15, 0.2) is 57.8 Å². The summed E-state index contributed by atoms with van der Waals surface area (Å²) in [6.45, 7) is 3.82. The summed E-state index contributed by atoms with van der Waals surface area (Å²) in [6, 6.07) is 5.36. The number of aryl methyl sites for hydroxylation is 1. The van der Waals surface area contributed by atoms with Gasteiger partial charge in [0.2, 0.25) is 0 Å². The Balaban J connectivity index is 1.83. The van der Waals surface area contributed by atoms with Crippen molar-refractivity contribution in [2.24, 2.45) is 7.05 Å². The minimum absolute atomic E-state index is 0.0277. The highest BCUT2D eigenvalue weighted by Crippen LogP contribution is 2.25. The third-order valence-electron chi connectivity index (χ3n) is 6.07. The Hall–Kier alpha value is -3.80. The van der Waals surface area contributed by atoms with E-state index in [1.807, 2.05) is 25.3 Å². The summed E-state index contributed by atoms with van der Waals surface area (Å²) in [5, 5.41) is 12.9. The average Bonchev–Trinajstić information content (AvgIpc) is 3.16. The number of benzene rings is 1. The first-order valence-corrected chi connectivity index (χ1v) is 11.8. The fourth-order valence-corrected chi connectivity index (χ4v) is 4.22. The van der Waals surface area contributed by atoms with E-state index in [4.69, 9.17) is 0 Å². The highest BCUT2D eigenvalue weighted by atomic mass is 19.4. The maximum Gasteiger partial charge on any atom is 0.573 e. The number of aliphatic hydroxyl groups excluding tert-OH is 1. The SMILES string of the molecule is CC1=CNC(Cn2c(Cc3cccc(OC(F)(F)F)c3)nc3c2c(=O)n(CCC(C)O)c(=O)n3C)C=C1. The number of allylic oxidation sites excluding steroid dienone is 2. The molecule has 1 aliphatic rings. The molecule has 2 aromatic heterocycles. The zero-order valence-electron chi connectivity index (χ0n) is 20.6. The second-order valence-corrected chi connectivity index (χ2v) is 9.14. The van der Waals surface area contributed by atoms with Crippen LogP contribution in [0.4, 0.5) is 13.2 Å². The fourth-order valence-electron chi connectivity index (χ4n) is 4.22. The molecule has 0 saturated heterocycles. The lowest BCUT2D eigenvalue weighted by Crippen LogP contribution is -2.40. The Morgan fingerprint density at radius 3 is 2.65 bits per heavy atom. The molecule has 0 fully saturated rings. The van der Waals surface area contributed by atoms with E-state index in [2.05, 4.69) is 15.0 Å². The van der Waals surface area contributed by atoms with Crippen LogP contribution in [0, 0.1) is 0 Å². The number of imidazole rings is 1. The van der Waals surface area contributed by atoms with Crippen molar-refractivity contribution in [1.82, 2.24) is 24.0 Å². The van der Waals surface area contributed by atoms with Crippen LogP contribution in [0.3, 0.4) is 0 Å². The van der Waals surface area contributed by atoms with Crippen molar-refractivity contribution in [3.05, 3.63) is 80.4 Å². The molecule has 1 aromatic carbocycles. The molecule has 0 radical (unpaired) electrons. The molecular weight excluding hydrogens is 491 g/mol. The first kappa shape index (κ1) is 26.3. The second-order valence-electron chi connectivity index (χ2n) is 9.14. The summed E-state index contributed by atoms with van der Waals surface area (Å²) >= 11 is 0. The summed E-state index contributed by atoms with van der Waals surface area (Å²) in [6.07, 6.45) is 0.501. The quantitative estimate of drug-likeness (QED) is 0.474. The van der Waals surface area contributed by atoms with E-state index in [0.717, 1.165) is 10.1 Å². The topological polar surface area (TPSA) is 103 Å². The maximum absolute atomic E-state index is 13.5. The van der Waals surface area contributed by atoms with Crippen molar-refractivity contribution in [2.45, 2.75) is 58.3 Å². The van der Waals surface area contributed by atoms with Gasteiger partial charge in [-0.25, -0.2) is 9.78 Å². The van der Waals surface area contributed by atoms with E-state index in [0.29, 0.717) is 11.4 Å². The standard InChI is InChI=1S/C25H28F3N5O4/c1-15-7-8-18(29-13-15)14-33-20(12-17-5-4-6-19(11-17)37-25(26,27)28)30-22-21(33)23(35)32(10-9-16(2)34)24(36)31(22)3/h4-8,11,13,16,18,29,34H,9-10,12,14H2,1-3H3. The monoisotopic (exact) mass is 519 g/mol. The van der Waals surface area contributed by atoms with Crippen molar-refractivity contribution in [2.75, 3.05) is 0 Å². The van der Waals surface area contributed by atoms with Crippen molar-refractivity contribution in [3.8, 4) is 5.75 Å². The Morgan fingerprint density at radius 2 is 2.00 bits per heavy atom. The fraction of sp³-hybridized carbons (Fsp3) is 0.400. The van der Waals surface area contributed by atoms with Crippen LogP contribution >= 0.6 is 0 Å². The van der Waals surface area contributed by atoms with Gasteiger partial charge in [-0.1, -0.05) is 24.3 Å². The number of aliphatic hydroxyl groups is 1. The maximum atomic E-state index is 13.5. The minimum Gasteiger partial charge on any atom is -0.406 e. The summed E-state index contributed by atoms with van der Waals surface area (Å²) in [5.41, 5.74) is 0.777. The van der Waals surface area contributed by atoms with Gasteiger partial charge in [-0.05, 0) is 49.7 Å². The molecule has 0 spiro atoms. The molecule has 0 bridgehead atoms. The molecular formula is C25H28F3N5O4. The number of fused-ring (bicyclic) bond motifs is 1. The number of nitrogens with zero attached hydrogens (tertiary/aromatic N) is 4. The lowest BCUT2D eigenvalue weighted by molar-refractivity contribution is -0.274. The van der Waals surface area contributed by atoms with Crippen LogP contribution in [0.25, 0.3) is 11.2 Å². The zero-order chi connectivity index (χ0) is 26.9. The third-order valence-corrected chi connectivity index (χ3v) is 6.07. The Morgan fingerprint density at radius 1 is 1.24 bits per heavy atom. The first-order valence-electron chi connectivity index (χ1n) is 11.8. The van der Waals surface area contributed by atoms with Crippen molar-refractivity contribution < 1.29 is 23.0 Å². The van der Waals surface area contributed by atoms with E-state index in [1.54, 1.807) is 17.6 Å². The van der Waals surface area contributed by atoms with Gasteiger partial charge in [0, 0.05) is 26.6 Å². The number of halogens is 3. The number of rotatable bonds is 8. The van der Waals surface area contributed by atoms with Crippen molar-refractivity contribution in [1.29, 1.82) is 0 Å². The lowest BCUT2D eigenvalue weighted by atomic mass is 10.1. The largest absolute Gasteiger partial charge is 0.573 e. The molecule has 2 unspecified atom stereocenters. The molecule has 0 amide bonds. The van der Waals surface area contributed by atoms with E-state index in [9.17, 15) is 27.9 Å². The molecule has 3 aromatic rings. The van der Waals surface area contributed by atoms with Gasteiger partial charge < -0.3 is 19.7 Å². The van der Waals surface area contributed by atoms with Gasteiger partial charge in [-0.2, -0.15) is 0 Å². The predicted octanol–water partition coefficient (Wildman–Crippen LogP) is 2.59. The highest BCUT2D eigenvalue weighted by Gasteiger charge is 2.31. The molecule has 0 saturated carbocycles. The summed E-state index contributed by atoms with van der Waals surface area (Å²) < 4.78 is 46.3. The van der Waals surface area contributed by atoms with E-state index in [-0.39, 0.29) is 48.9 Å². The highest BCUT2D eigenvalue weighted by molar-refractivity contribution is 5.71. The molecule has 12 heteroatoms. The zero-order valence-corrected chi connectivity index (χ0v) is 20.6. The molecule has 2 N–H and O–H groups in total. The van der Waals surface area contributed by atoms with E-state index < -0.39 is 23.7 Å². The Labute approximate surface area is 210 Å². The molecule has 198 valence electrons. The van der Waals surface area contributed by atoms with Gasteiger partial charge >= 0.3 is 12.1 Å². The van der Waals surface area contributed by atoms with Gasteiger partial charge in [0.15, 0.2) is 11.2 Å². The molecule has 3 heterocycles. The Bertz CT molecular complexity index is 1480. The number of nitrogens with one attached hydrogen (secondary N) is 1. The normalized spacial score (nSPS) is 16.5. The Kier molecular flexibility index (Phi) is 7.30. The van der Waals surface area contributed by atoms with Gasteiger partial charge in [0.25, 0.3) is 5.56 Å². The van der Waals surface area contributed by atoms with Crippen LogP contribution in [-0.4, -0.2) is 42.3 Å². The van der Waals surface area contributed by atoms with E-state index >= 15 is 0 Å².